The molecule has 4 nitrogen and oxygen atoms in total. The number of nitrogens with zero attached hydrogens (tertiary/aromatic N) is 1. The first-order valence-electron chi connectivity index (χ1n) is 6.47. The number of hydrogen-bond donors (Lipinski definition) is 2. The number of hydrogen-bond acceptors (Lipinski definition) is 3. The van der Waals surface area contributed by atoms with Gasteiger partial charge in [-0.25, -0.2) is 0 Å². The standard InChI is InChI=1S/C14H21N3O/c1-11(15-2)9-16-14(18)10-17-8-7-12-5-3-4-6-13(12)17/h3-6,11,15H,7-10H2,1-2H3,(H,16,18). The minimum Gasteiger partial charge on any atom is -0.362 e. The van der Waals surface area contributed by atoms with E-state index in [0.717, 1.165) is 13.0 Å². The smallest absolute Gasteiger partial charge is 0.239 e. The molecule has 1 aliphatic rings. The van der Waals surface area contributed by atoms with Gasteiger partial charge < -0.3 is 15.5 Å². The lowest BCUT2D eigenvalue weighted by atomic mass is 10.2. The molecule has 1 aromatic carbocycles. The van der Waals surface area contributed by atoms with E-state index >= 15 is 0 Å². The summed E-state index contributed by atoms with van der Waals surface area (Å²) in [5, 5.41) is 6.05. The lowest BCUT2D eigenvalue weighted by Crippen LogP contribution is -2.42. The number of rotatable bonds is 5. The number of carbonyl (C=O) groups excluding carboxylic acids is 1. The maximum absolute atomic E-state index is 11.8. The van der Waals surface area contributed by atoms with Crippen molar-refractivity contribution >= 4 is 11.6 Å². The predicted molar refractivity (Wildman–Crippen MR) is 73.9 cm³/mol. The largest absolute Gasteiger partial charge is 0.362 e. The van der Waals surface area contributed by atoms with E-state index in [-0.39, 0.29) is 5.91 Å². The molecule has 1 aliphatic heterocycles. The second-order valence-corrected chi connectivity index (χ2v) is 4.79. The summed E-state index contributed by atoms with van der Waals surface area (Å²) in [7, 11) is 1.90. The van der Waals surface area contributed by atoms with Gasteiger partial charge in [0, 0.05) is 24.8 Å². The molecule has 18 heavy (non-hydrogen) atoms. The molecule has 1 unspecified atom stereocenters. The Morgan fingerprint density at radius 1 is 1.44 bits per heavy atom. The van der Waals surface area contributed by atoms with Crippen LogP contribution >= 0.6 is 0 Å². The van der Waals surface area contributed by atoms with E-state index in [9.17, 15) is 4.79 Å². The Morgan fingerprint density at radius 2 is 2.22 bits per heavy atom. The number of para-hydroxylation sites is 1. The fraction of sp³-hybridized carbons (Fsp3) is 0.500. The Morgan fingerprint density at radius 3 is 3.00 bits per heavy atom. The van der Waals surface area contributed by atoms with Crippen LogP contribution in [-0.4, -0.2) is 38.6 Å². The lowest BCUT2D eigenvalue weighted by molar-refractivity contribution is -0.119. The first-order valence-corrected chi connectivity index (χ1v) is 6.47. The zero-order valence-electron chi connectivity index (χ0n) is 11.1. The summed E-state index contributed by atoms with van der Waals surface area (Å²) in [6.07, 6.45) is 1.04. The molecule has 0 fully saturated rings. The molecule has 1 heterocycles. The SMILES string of the molecule is CNC(C)CNC(=O)CN1CCc2ccccc21. The zero-order valence-corrected chi connectivity index (χ0v) is 11.1. The minimum absolute atomic E-state index is 0.0915. The highest BCUT2D eigenvalue weighted by Crippen LogP contribution is 2.26. The van der Waals surface area contributed by atoms with Crippen molar-refractivity contribution in [3.63, 3.8) is 0 Å². The fourth-order valence-corrected chi connectivity index (χ4v) is 2.17. The summed E-state index contributed by atoms with van der Waals surface area (Å²) < 4.78 is 0. The van der Waals surface area contributed by atoms with Crippen molar-refractivity contribution in [1.82, 2.24) is 10.6 Å². The molecule has 0 radical (unpaired) electrons. The summed E-state index contributed by atoms with van der Waals surface area (Å²) in [6.45, 7) is 4.11. The van der Waals surface area contributed by atoms with Crippen LogP contribution in [0.5, 0.6) is 0 Å². The molecule has 4 heteroatoms. The fourth-order valence-electron chi connectivity index (χ4n) is 2.17. The Hall–Kier alpha value is -1.55. The number of benzene rings is 1. The van der Waals surface area contributed by atoms with E-state index in [1.165, 1.54) is 11.3 Å². The summed E-state index contributed by atoms with van der Waals surface area (Å²) in [5.74, 6) is 0.0915. The van der Waals surface area contributed by atoms with Gasteiger partial charge in [-0.1, -0.05) is 18.2 Å². The van der Waals surface area contributed by atoms with Gasteiger partial charge in [-0.3, -0.25) is 4.79 Å². The van der Waals surface area contributed by atoms with Crippen LogP contribution in [0.3, 0.4) is 0 Å². The van der Waals surface area contributed by atoms with Crippen molar-refractivity contribution in [2.45, 2.75) is 19.4 Å². The third-order valence-corrected chi connectivity index (χ3v) is 3.42. The third kappa shape index (κ3) is 3.01. The molecule has 1 atom stereocenters. The average Bonchev–Trinajstić information content (AvgIpc) is 2.79. The molecule has 0 saturated carbocycles. The van der Waals surface area contributed by atoms with Crippen LogP contribution in [0.25, 0.3) is 0 Å². The summed E-state index contributed by atoms with van der Waals surface area (Å²) >= 11 is 0. The van der Waals surface area contributed by atoms with Crippen LogP contribution in [0.1, 0.15) is 12.5 Å². The Labute approximate surface area is 108 Å². The van der Waals surface area contributed by atoms with Crippen LogP contribution in [0, 0.1) is 0 Å². The van der Waals surface area contributed by atoms with Crippen molar-refractivity contribution < 1.29 is 4.79 Å². The average molecular weight is 247 g/mol. The molecule has 0 aromatic heterocycles. The Bertz CT molecular complexity index is 419. The maximum Gasteiger partial charge on any atom is 0.239 e. The number of carbonyl (C=O) groups is 1. The quantitative estimate of drug-likeness (QED) is 0.808. The molecular formula is C14H21N3O. The van der Waals surface area contributed by atoms with E-state index in [1.54, 1.807) is 0 Å². The van der Waals surface area contributed by atoms with Gasteiger partial charge in [-0.15, -0.1) is 0 Å². The highest BCUT2D eigenvalue weighted by atomic mass is 16.2. The van der Waals surface area contributed by atoms with E-state index in [2.05, 4.69) is 33.7 Å². The number of likely N-dealkylation sites (N-methyl/N-ethyl adjacent to an activating group) is 1. The second-order valence-electron chi connectivity index (χ2n) is 4.79. The van der Waals surface area contributed by atoms with Gasteiger partial charge in [0.2, 0.25) is 5.91 Å². The molecule has 0 aliphatic carbocycles. The van der Waals surface area contributed by atoms with E-state index < -0.39 is 0 Å². The highest BCUT2D eigenvalue weighted by Gasteiger charge is 2.20. The molecule has 2 rings (SSSR count). The molecule has 1 amide bonds. The monoisotopic (exact) mass is 247 g/mol. The van der Waals surface area contributed by atoms with Gasteiger partial charge in [-0.05, 0) is 32.0 Å². The van der Waals surface area contributed by atoms with Crippen LogP contribution in [-0.2, 0) is 11.2 Å². The van der Waals surface area contributed by atoms with Crippen molar-refractivity contribution in [1.29, 1.82) is 0 Å². The van der Waals surface area contributed by atoms with E-state index in [4.69, 9.17) is 0 Å². The van der Waals surface area contributed by atoms with Crippen LogP contribution in [0.4, 0.5) is 5.69 Å². The summed E-state index contributed by atoms with van der Waals surface area (Å²) in [6, 6.07) is 8.61. The van der Waals surface area contributed by atoms with Crippen molar-refractivity contribution in [3.05, 3.63) is 29.8 Å². The lowest BCUT2D eigenvalue weighted by Gasteiger charge is -2.19. The molecule has 1 aromatic rings. The number of anilines is 1. The van der Waals surface area contributed by atoms with Gasteiger partial charge in [0.25, 0.3) is 0 Å². The highest BCUT2D eigenvalue weighted by molar-refractivity contribution is 5.82. The van der Waals surface area contributed by atoms with Gasteiger partial charge in [0.05, 0.1) is 6.54 Å². The molecule has 2 N–H and O–H groups in total. The normalized spacial score (nSPS) is 15.3. The topological polar surface area (TPSA) is 44.4 Å². The van der Waals surface area contributed by atoms with Gasteiger partial charge in [0.15, 0.2) is 0 Å². The van der Waals surface area contributed by atoms with Crippen LogP contribution < -0.4 is 15.5 Å². The number of fused-ring (bicyclic) bond motifs is 1. The maximum atomic E-state index is 11.8. The molecule has 0 spiro atoms. The Balaban J connectivity index is 1.86. The second kappa shape index (κ2) is 5.87. The molecule has 98 valence electrons. The van der Waals surface area contributed by atoms with Crippen molar-refractivity contribution in [2.75, 3.05) is 31.6 Å². The zero-order chi connectivity index (χ0) is 13.0. The van der Waals surface area contributed by atoms with Crippen molar-refractivity contribution in [2.24, 2.45) is 0 Å². The van der Waals surface area contributed by atoms with Gasteiger partial charge >= 0.3 is 0 Å². The van der Waals surface area contributed by atoms with E-state index in [1.807, 2.05) is 20.0 Å². The van der Waals surface area contributed by atoms with Crippen LogP contribution in [0.15, 0.2) is 24.3 Å². The Kier molecular flexibility index (Phi) is 4.20. The van der Waals surface area contributed by atoms with E-state index in [0.29, 0.717) is 19.1 Å². The molecular weight excluding hydrogens is 226 g/mol. The number of nitrogens with one attached hydrogen (secondary N) is 2. The summed E-state index contributed by atoms with van der Waals surface area (Å²) in [5.41, 5.74) is 2.54. The minimum atomic E-state index is 0.0915. The molecule has 0 saturated heterocycles. The first kappa shape index (κ1) is 12.9. The summed E-state index contributed by atoms with van der Waals surface area (Å²) in [4.78, 5) is 14.0. The number of amides is 1. The van der Waals surface area contributed by atoms with Gasteiger partial charge in [-0.2, -0.15) is 0 Å². The van der Waals surface area contributed by atoms with Crippen molar-refractivity contribution in [3.8, 4) is 0 Å². The third-order valence-electron chi connectivity index (χ3n) is 3.42. The molecule has 0 bridgehead atoms. The first-order chi connectivity index (χ1) is 8.70. The predicted octanol–water partition coefficient (Wildman–Crippen LogP) is 0.773. The van der Waals surface area contributed by atoms with Gasteiger partial charge in [0.1, 0.15) is 0 Å². The van der Waals surface area contributed by atoms with Crippen LogP contribution in [0.2, 0.25) is 0 Å².